The number of quaternary nitrogens is 1. The molecule has 0 saturated carbocycles. The predicted octanol–water partition coefficient (Wildman–Crippen LogP) is 17.3. The van der Waals surface area contributed by atoms with E-state index in [2.05, 4.69) is 19.2 Å². The molecule has 390 valence electrons. The van der Waals surface area contributed by atoms with Crippen LogP contribution >= 0.6 is 7.82 Å². The van der Waals surface area contributed by atoms with E-state index in [9.17, 15) is 19.4 Å². The first-order chi connectivity index (χ1) is 31.5. The largest absolute Gasteiger partial charge is 0.472 e. The Morgan fingerprint density at radius 2 is 0.738 bits per heavy atom. The zero-order chi connectivity index (χ0) is 47.8. The van der Waals surface area contributed by atoms with Crippen LogP contribution in [0.2, 0.25) is 0 Å². The molecule has 0 aromatic carbocycles. The fourth-order valence-electron chi connectivity index (χ4n) is 9.05. The van der Waals surface area contributed by atoms with Crippen molar-refractivity contribution in [1.29, 1.82) is 0 Å². The molecular formula is C56H116N2O6P+. The molecule has 0 aromatic rings. The van der Waals surface area contributed by atoms with Gasteiger partial charge in [-0.1, -0.05) is 284 Å². The summed E-state index contributed by atoms with van der Waals surface area (Å²) in [4.78, 5) is 23.3. The molecule has 0 rings (SSSR count). The van der Waals surface area contributed by atoms with Gasteiger partial charge in [0, 0.05) is 6.42 Å². The van der Waals surface area contributed by atoms with Crippen molar-refractivity contribution < 1.29 is 32.9 Å². The molecular weight excluding hydrogens is 828 g/mol. The number of phosphoric acid groups is 1. The fourth-order valence-corrected chi connectivity index (χ4v) is 9.79. The highest BCUT2D eigenvalue weighted by molar-refractivity contribution is 7.47. The van der Waals surface area contributed by atoms with Gasteiger partial charge in [-0.15, -0.1) is 0 Å². The Bertz CT molecular complexity index is 1030. The lowest BCUT2D eigenvalue weighted by molar-refractivity contribution is -0.870. The van der Waals surface area contributed by atoms with Crippen LogP contribution in [0.3, 0.4) is 0 Å². The number of nitrogens with one attached hydrogen (secondary N) is 1. The second kappa shape index (κ2) is 48.5. The number of phosphoric ester groups is 1. The van der Waals surface area contributed by atoms with Gasteiger partial charge in [0.05, 0.1) is 39.9 Å². The third kappa shape index (κ3) is 51.2. The van der Waals surface area contributed by atoms with Gasteiger partial charge in [0.1, 0.15) is 13.2 Å². The Morgan fingerprint density at radius 3 is 1.03 bits per heavy atom. The molecule has 0 saturated heterocycles. The molecule has 3 atom stereocenters. The highest BCUT2D eigenvalue weighted by atomic mass is 31.2. The number of unbranched alkanes of at least 4 members (excludes halogenated alkanes) is 41. The van der Waals surface area contributed by atoms with E-state index >= 15 is 0 Å². The van der Waals surface area contributed by atoms with Crippen LogP contribution in [-0.4, -0.2) is 73.4 Å². The van der Waals surface area contributed by atoms with E-state index in [-0.39, 0.29) is 19.1 Å². The average molecular weight is 945 g/mol. The summed E-state index contributed by atoms with van der Waals surface area (Å²) < 4.78 is 23.8. The number of nitrogens with zero attached hydrogens (tertiary/aromatic N) is 1. The zero-order valence-corrected chi connectivity index (χ0v) is 45.4. The number of likely N-dealkylation sites (N-methyl/N-ethyl adjacent to an activating group) is 1. The molecule has 0 bridgehead atoms. The van der Waals surface area contributed by atoms with Gasteiger partial charge in [0.25, 0.3) is 0 Å². The van der Waals surface area contributed by atoms with Gasteiger partial charge in [-0.2, -0.15) is 0 Å². The molecule has 3 unspecified atom stereocenters. The number of amides is 1. The Labute approximate surface area is 406 Å². The van der Waals surface area contributed by atoms with Crippen LogP contribution in [0.4, 0.5) is 0 Å². The van der Waals surface area contributed by atoms with Crippen molar-refractivity contribution in [2.45, 2.75) is 315 Å². The predicted molar refractivity (Wildman–Crippen MR) is 282 cm³/mol. The molecule has 0 fully saturated rings. The quantitative estimate of drug-likeness (QED) is 0.0319. The first-order valence-electron chi connectivity index (χ1n) is 28.9. The lowest BCUT2D eigenvalue weighted by Crippen LogP contribution is -2.46. The van der Waals surface area contributed by atoms with E-state index < -0.39 is 20.0 Å². The van der Waals surface area contributed by atoms with Crippen LogP contribution in [0.15, 0.2) is 0 Å². The number of carbonyl (C=O) groups excluding carboxylic acids is 1. The smallest absolute Gasteiger partial charge is 0.391 e. The SMILES string of the molecule is CCCCCCCCCCCCCCCCCCCCCCCCCCCCCC(=O)NC(COP(=O)(O)OCC[N+](C)(C)C)C(O)CCCCCCCCCCCCCCCCCC. The summed E-state index contributed by atoms with van der Waals surface area (Å²) >= 11 is 0. The van der Waals surface area contributed by atoms with E-state index in [1.165, 1.54) is 238 Å². The van der Waals surface area contributed by atoms with E-state index in [0.29, 0.717) is 23.9 Å². The van der Waals surface area contributed by atoms with Crippen LogP contribution in [0.1, 0.15) is 303 Å². The number of hydrogen-bond donors (Lipinski definition) is 3. The highest BCUT2D eigenvalue weighted by Gasteiger charge is 2.28. The van der Waals surface area contributed by atoms with Gasteiger partial charge in [-0.3, -0.25) is 13.8 Å². The molecule has 0 aliphatic rings. The summed E-state index contributed by atoms with van der Waals surface area (Å²) in [5.41, 5.74) is 0. The molecule has 9 heteroatoms. The van der Waals surface area contributed by atoms with Gasteiger partial charge in [0.2, 0.25) is 5.91 Å². The number of rotatable bonds is 54. The highest BCUT2D eigenvalue weighted by Crippen LogP contribution is 2.43. The third-order valence-corrected chi connectivity index (χ3v) is 14.6. The van der Waals surface area contributed by atoms with Crippen molar-refractivity contribution in [3.63, 3.8) is 0 Å². The minimum Gasteiger partial charge on any atom is -0.391 e. The minimum atomic E-state index is -4.32. The molecule has 3 N–H and O–H groups in total. The normalized spacial score (nSPS) is 13.9. The van der Waals surface area contributed by atoms with E-state index in [0.717, 1.165) is 38.5 Å². The van der Waals surface area contributed by atoms with Gasteiger partial charge in [0.15, 0.2) is 0 Å². The monoisotopic (exact) mass is 944 g/mol. The summed E-state index contributed by atoms with van der Waals surface area (Å²) in [7, 11) is 1.64. The summed E-state index contributed by atoms with van der Waals surface area (Å²) in [6.45, 7) is 4.94. The van der Waals surface area contributed by atoms with Gasteiger partial charge < -0.3 is 19.8 Å². The Hall–Kier alpha value is -0.500. The van der Waals surface area contributed by atoms with Crippen LogP contribution in [0.25, 0.3) is 0 Å². The first kappa shape index (κ1) is 64.5. The summed E-state index contributed by atoms with van der Waals surface area (Å²) in [5, 5.41) is 14.1. The van der Waals surface area contributed by atoms with Gasteiger partial charge in [-0.05, 0) is 12.8 Å². The third-order valence-electron chi connectivity index (χ3n) is 13.6. The Kier molecular flexibility index (Phi) is 48.1. The van der Waals surface area contributed by atoms with Gasteiger partial charge in [-0.25, -0.2) is 4.57 Å². The van der Waals surface area contributed by atoms with E-state index in [1.807, 2.05) is 21.1 Å². The minimum absolute atomic E-state index is 0.0791. The summed E-state index contributed by atoms with van der Waals surface area (Å²) in [5.74, 6) is -0.136. The van der Waals surface area contributed by atoms with Crippen LogP contribution in [0.5, 0.6) is 0 Å². The van der Waals surface area contributed by atoms with Crippen molar-refractivity contribution >= 4 is 13.7 Å². The Balaban J connectivity index is 4.06. The van der Waals surface area contributed by atoms with Crippen molar-refractivity contribution in [2.75, 3.05) is 40.9 Å². The van der Waals surface area contributed by atoms with Crippen LogP contribution in [0, 0.1) is 0 Å². The van der Waals surface area contributed by atoms with Crippen molar-refractivity contribution in [3.8, 4) is 0 Å². The van der Waals surface area contributed by atoms with Gasteiger partial charge >= 0.3 is 7.82 Å². The zero-order valence-electron chi connectivity index (χ0n) is 44.5. The maximum atomic E-state index is 13.0. The Morgan fingerprint density at radius 1 is 0.462 bits per heavy atom. The average Bonchev–Trinajstić information content (AvgIpc) is 3.26. The molecule has 8 nitrogen and oxygen atoms in total. The number of aliphatic hydroxyl groups excluding tert-OH is 1. The summed E-state index contributed by atoms with van der Waals surface area (Å²) in [6, 6.07) is -0.754. The van der Waals surface area contributed by atoms with Crippen molar-refractivity contribution in [2.24, 2.45) is 0 Å². The number of hydrogen-bond acceptors (Lipinski definition) is 5. The second-order valence-electron chi connectivity index (χ2n) is 21.4. The maximum absolute atomic E-state index is 13.0. The molecule has 65 heavy (non-hydrogen) atoms. The molecule has 0 aliphatic heterocycles. The molecule has 0 aliphatic carbocycles. The fraction of sp³-hybridized carbons (Fsp3) is 0.982. The van der Waals surface area contributed by atoms with E-state index in [4.69, 9.17) is 9.05 Å². The van der Waals surface area contributed by atoms with Crippen molar-refractivity contribution in [3.05, 3.63) is 0 Å². The maximum Gasteiger partial charge on any atom is 0.472 e. The standard InChI is InChI=1S/C56H115N2O6P/c1-6-8-10-12-14-16-18-20-22-24-25-26-27-28-29-30-31-32-33-34-36-38-40-42-44-46-48-50-56(60)57-54(53-64-65(61,62)63-52-51-58(3,4)5)55(59)49-47-45-43-41-39-37-35-23-21-19-17-15-13-11-9-7-2/h54-55,59H,6-53H2,1-5H3,(H-,57,60,61,62)/p+1. The summed E-state index contributed by atoms with van der Waals surface area (Å²) in [6.07, 6.45) is 57.3. The van der Waals surface area contributed by atoms with Crippen LogP contribution in [-0.2, 0) is 18.4 Å². The molecule has 0 spiro atoms. The van der Waals surface area contributed by atoms with E-state index in [1.54, 1.807) is 0 Å². The van der Waals surface area contributed by atoms with Crippen LogP contribution < -0.4 is 5.32 Å². The molecule has 0 radical (unpaired) electrons. The second-order valence-corrected chi connectivity index (χ2v) is 22.8. The molecule has 0 heterocycles. The topological polar surface area (TPSA) is 105 Å². The van der Waals surface area contributed by atoms with Crippen molar-refractivity contribution in [1.82, 2.24) is 5.32 Å². The molecule has 1 amide bonds. The number of carbonyl (C=O) groups is 1. The number of aliphatic hydroxyl groups is 1. The lowest BCUT2D eigenvalue weighted by Gasteiger charge is -2.26. The first-order valence-corrected chi connectivity index (χ1v) is 30.4. The molecule has 0 aromatic heterocycles. The lowest BCUT2D eigenvalue weighted by atomic mass is 10.0.